The van der Waals surface area contributed by atoms with Gasteiger partial charge in [-0.25, -0.2) is 0 Å². The molecule has 59 heavy (non-hydrogen) atoms. The Bertz CT molecular complexity index is 3140. The van der Waals surface area contributed by atoms with Crippen molar-refractivity contribution in [3.8, 4) is 44.5 Å². The van der Waals surface area contributed by atoms with E-state index in [2.05, 4.69) is 240 Å². The molecule has 0 spiro atoms. The molecule has 0 N–H and O–H groups in total. The number of hydrogen-bond donors (Lipinski definition) is 0. The summed E-state index contributed by atoms with van der Waals surface area (Å²) in [6.07, 6.45) is 0. The Labute approximate surface area is 353 Å². The molecule has 11 rings (SSSR count). The van der Waals surface area contributed by atoms with Crippen LogP contribution in [0.4, 0.5) is 0 Å². The molecule has 1 heteroatoms. The van der Waals surface area contributed by atoms with Gasteiger partial charge >= 0.3 is 0 Å². The van der Waals surface area contributed by atoms with Crippen molar-refractivity contribution in [1.82, 2.24) is 0 Å². The normalized spacial score (nSPS) is 13.3. The van der Waals surface area contributed by atoms with Gasteiger partial charge in [0, 0.05) is 26.8 Å². The zero-order valence-electron chi connectivity index (χ0n) is 32.2. The molecule has 0 aromatic heterocycles. The molecule has 9 aromatic rings. The first kappa shape index (κ1) is 35.1. The zero-order valence-corrected chi connectivity index (χ0v) is 33.8. The molecular weight excluding hydrogens is 777 g/mol. The van der Waals surface area contributed by atoms with E-state index in [1.807, 2.05) is 0 Å². The smallest absolute Gasteiger partial charge is 0.0346 e. The van der Waals surface area contributed by atoms with Crippen molar-refractivity contribution in [2.45, 2.75) is 0 Å². The molecule has 0 nitrogen and oxygen atoms in total. The van der Waals surface area contributed by atoms with Gasteiger partial charge in [0.2, 0.25) is 0 Å². The van der Waals surface area contributed by atoms with Crippen LogP contribution in [0.5, 0.6) is 0 Å². The minimum atomic E-state index is 1.11. The predicted octanol–water partition coefficient (Wildman–Crippen LogP) is 16.2. The van der Waals surface area contributed by atoms with Gasteiger partial charge in [0.05, 0.1) is 0 Å². The average molecular weight is 814 g/mol. The largest absolute Gasteiger partial charge is 0.0622 e. The van der Waals surface area contributed by atoms with Crippen LogP contribution in [0.25, 0.3) is 82.1 Å². The lowest BCUT2D eigenvalue weighted by Gasteiger charge is -2.27. The molecule has 2 aliphatic rings. The topological polar surface area (TPSA) is 0 Å². The van der Waals surface area contributed by atoms with Crippen LogP contribution in [0, 0.1) is 0 Å². The fraction of sp³-hybridized carbons (Fsp3) is 0. The highest BCUT2D eigenvalue weighted by molar-refractivity contribution is 9.15. The number of halogens is 1. The van der Waals surface area contributed by atoms with Crippen LogP contribution < -0.4 is 0 Å². The summed E-state index contributed by atoms with van der Waals surface area (Å²) in [6.45, 7) is 0. The lowest BCUT2D eigenvalue weighted by molar-refractivity contribution is 1.51. The third-order valence-electron chi connectivity index (χ3n) is 11.9. The van der Waals surface area contributed by atoms with Gasteiger partial charge in [0.15, 0.2) is 0 Å². The Morgan fingerprint density at radius 2 is 0.525 bits per heavy atom. The first-order valence-corrected chi connectivity index (χ1v) is 21.0. The third-order valence-corrected chi connectivity index (χ3v) is 12.6. The standard InChI is InChI=1S/C58H37Br/c59-58-56-51(43-30-15-5-16-31-43)48(40-24-9-2-10-25-40)47(39-22-7-1-8-23-39)50(42-28-13-4-14-29-42)54(56)55-53(46-36-35-38-21-19-20-34-45(38)37-46)49(41-26-11-3-12-27-41)52(57(55)58)44-32-17-6-18-33-44/h1-37H. The molecule has 0 bridgehead atoms. The van der Waals surface area contributed by atoms with Crippen molar-refractivity contribution in [3.05, 3.63) is 258 Å². The fourth-order valence-corrected chi connectivity index (χ4v) is 10.2. The summed E-state index contributed by atoms with van der Waals surface area (Å²) in [4.78, 5) is 0. The predicted molar refractivity (Wildman–Crippen MR) is 254 cm³/mol. The fourth-order valence-electron chi connectivity index (χ4n) is 9.43. The summed E-state index contributed by atoms with van der Waals surface area (Å²) in [6, 6.07) is 81.8. The highest BCUT2D eigenvalue weighted by atomic mass is 79.9. The number of hydrogen-bond acceptors (Lipinski definition) is 0. The quantitative estimate of drug-likeness (QED) is 0.150. The highest BCUT2D eigenvalue weighted by Gasteiger charge is 2.43. The second-order valence-corrected chi connectivity index (χ2v) is 16.0. The van der Waals surface area contributed by atoms with Crippen LogP contribution in [0.3, 0.4) is 0 Å². The molecule has 0 atom stereocenters. The Balaban J connectivity index is 1.41. The van der Waals surface area contributed by atoms with Crippen molar-refractivity contribution >= 4 is 53.5 Å². The number of fused-ring (bicyclic) bond motifs is 4. The Hall–Kier alpha value is -7.06. The van der Waals surface area contributed by atoms with E-state index < -0.39 is 0 Å². The molecule has 0 saturated carbocycles. The Kier molecular flexibility index (Phi) is 8.76. The SMILES string of the molecule is BrC1=C2C(c3ccccc3)=C(c3ccccc3)C(c3ccc4ccccc4c3)=C2c2c1c(-c1ccccc1)c(-c1ccccc1)c(-c1ccccc1)c2-c1ccccc1. The van der Waals surface area contributed by atoms with E-state index in [0.29, 0.717) is 0 Å². The van der Waals surface area contributed by atoms with E-state index >= 15 is 0 Å². The minimum absolute atomic E-state index is 1.11. The third kappa shape index (κ3) is 5.81. The van der Waals surface area contributed by atoms with E-state index in [1.165, 1.54) is 111 Å². The minimum Gasteiger partial charge on any atom is -0.0622 e. The van der Waals surface area contributed by atoms with Crippen LogP contribution in [0.15, 0.2) is 230 Å². The summed E-state index contributed by atoms with van der Waals surface area (Å²) in [7, 11) is 0. The maximum Gasteiger partial charge on any atom is 0.0346 e. The van der Waals surface area contributed by atoms with E-state index in [1.54, 1.807) is 0 Å². The van der Waals surface area contributed by atoms with Gasteiger partial charge in [0.1, 0.15) is 0 Å². The van der Waals surface area contributed by atoms with Gasteiger partial charge in [-0.3, -0.25) is 0 Å². The first-order valence-electron chi connectivity index (χ1n) is 20.2. The first-order chi connectivity index (χ1) is 29.3. The van der Waals surface area contributed by atoms with Crippen LogP contribution in [0.2, 0.25) is 0 Å². The lowest BCUT2D eigenvalue weighted by atomic mass is 9.76. The van der Waals surface area contributed by atoms with Gasteiger partial charge in [-0.1, -0.05) is 218 Å². The van der Waals surface area contributed by atoms with Gasteiger partial charge in [0.25, 0.3) is 0 Å². The van der Waals surface area contributed by atoms with Crippen LogP contribution in [-0.4, -0.2) is 0 Å². The van der Waals surface area contributed by atoms with Crippen molar-refractivity contribution in [3.63, 3.8) is 0 Å². The van der Waals surface area contributed by atoms with Crippen molar-refractivity contribution in [2.24, 2.45) is 0 Å². The van der Waals surface area contributed by atoms with Gasteiger partial charge in [-0.15, -0.1) is 0 Å². The monoisotopic (exact) mass is 812 g/mol. The van der Waals surface area contributed by atoms with Gasteiger partial charge < -0.3 is 0 Å². The van der Waals surface area contributed by atoms with E-state index in [9.17, 15) is 0 Å². The van der Waals surface area contributed by atoms with E-state index in [-0.39, 0.29) is 0 Å². The summed E-state index contributed by atoms with van der Waals surface area (Å²) in [5.41, 5.74) is 21.9. The van der Waals surface area contributed by atoms with Gasteiger partial charge in [-0.2, -0.15) is 0 Å². The maximum atomic E-state index is 4.48. The van der Waals surface area contributed by atoms with Crippen molar-refractivity contribution in [2.75, 3.05) is 0 Å². The van der Waals surface area contributed by atoms with Crippen LogP contribution >= 0.6 is 15.9 Å². The second-order valence-electron chi connectivity index (χ2n) is 15.2. The van der Waals surface area contributed by atoms with E-state index in [0.717, 1.165) is 4.48 Å². The number of rotatable bonds is 7. The summed E-state index contributed by atoms with van der Waals surface area (Å²) in [5, 5.41) is 2.45. The summed E-state index contributed by atoms with van der Waals surface area (Å²) >= 11 is 4.48. The summed E-state index contributed by atoms with van der Waals surface area (Å²) < 4.78 is 1.11. The van der Waals surface area contributed by atoms with E-state index in [4.69, 9.17) is 0 Å². The second kappa shape index (κ2) is 14.7. The molecule has 0 saturated heterocycles. The Morgan fingerprint density at radius 3 is 0.966 bits per heavy atom. The van der Waals surface area contributed by atoms with Crippen molar-refractivity contribution < 1.29 is 0 Å². The van der Waals surface area contributed by atoms with Gasteiger partial charge in [-0.05, 0) is 111 Å². The molecule has 0 aliphatic heterocycles. The lowest BCUT2D eigenvalue weighted by Crippen LogP contribution is -2.03. The number of allylic oxidation sites excluding steroid dienone is 5. The molecule has 0 unspecified atom stereocenters. The van der Waals surface area contributed by atoms with Crippen molar-refractivity contribution in [1.29, 1.82) is 0 Å². The molecule has 0 heterocycles. The van der Waals surface area contributed by atoms with Crippen LogP contribution in [0.1, 0.15) is 27.8 Å². The number of benzene rings is 9. The Morgan fingerprint density at radius 1 is 0.203 bits per heavy atom. The highest BCUT2D eigenvalue weighted by Crippen LogP contribution is 2.66. The molecule has 276 valence electrons. The van der Waals surface area contributed by atoms with Crippen LogP contribution in [-0.2, 0) is 0 Å². The maximum absolute atomic E-state index is 4.48. The molecule has 0 amide bonds. The average Bonchev–Trinajstić information content (AvgIpc) is 3.82. The molecule has 9 aromatic carbocycles. The molecule has 0 radical (unpaired) electrons. The zero-order chi connectivity index (χ0) is 39.3. The summed E-state index contributed by atoms with van der Waals surface area (Å²) in [5.74, 6) is 0. The molecule has 0 fully saturated rings. The molecule has 2 aliphatic carbocycles. The molecular formula is C58H37Br.